The van der Waals surface area contributed by atoms with Gasteiger partial charge < -0.3 is 40.5 Å². The molecule has 2 aliphatic rings. The molecule has 15 heteroatoms. The van der Waals surface area contributed by atoms with Crippen LogP contribution in [0.5, 0.6) is 17.2 Å². The number of rotatable bonds is 6. The van der Waals surface area contributed by atoms with Crippen LogP contribution < -0.4 is 15.3 Å². The van der Waals surface area contributed by atoms with E-state index in [1.165, 1.54) is 23.1 Å². The van der Waals surface area contributed by atoms with Gasteiger partial charge in [0.1, 0.15) is 11.8 Å². The van der Waals surface area contributed by atoms with Crippen LogP contribution in [0.2, 0.25) is 0 Å². The number of nitrogens with zero attached hydrogens (tertiary/aromatic N) is 2. The quantitative estimate of drug-likeness (QED) is 0.156. The van der Waals surface area contributed by atoms with Crippen molar-refractivity contribution in [1.82, 2.24) is 20.4 Å². The third-order valence-electron chi connectivity index (χ3n) is 6.48. The number of amides is 5. The highest BCUT2D eigenvalue weighted by molar-refractivity contribution is 6.47. The fraction of sp³-hybridized carbons (Fsp3) is 0.292. The van der Waals surface area contributed by atoms with Gasteiger partial charge in [-0.3, -0.25) is 19.3 Å². The fourth-order valence-corrected chi connectivity index (χ4v) is 4.37. The lowest BCUT2D eigenvalue weighted by Crippen LogP contribution is -2.60. The number of fused-ring (bicyclic) bond motifs is 1. The van der Waals surface area contributed by atoms with Crippen LogP contribution >= 0.6 is 0 Å². The van der Waals surface area contributed by atoms with Gasteiger partial charge in [0.05, 0.1) is 11.5 Å². The van der Waals surface area contributed by atoms with Crippen molar-refractivity contribution in [2.75, 3.05) is 19.6 Å². The molecule has 0 saturated carbocycles. The van der Waals surface area contributed by atoms with Gasteiger partial charge in [0.25, 0.3) is 0 Å². The van der Waals surface area contributed by atoms with Crippen LogP contribution in [-0.4, -0.2) is 92.6 Å². The average Bonchev–Trinajstić information content (AvgIpc) is 2.90. The van der Waals surface area contributed by atoms with Crippen molar-refractivity contribution < 1.29 is 49.0 Å². The summed E-state index contributed by atoms with van der Waals surface area (Å²) in [5.74, 6) is -6.27. The number of aromatic hydroxyl groups is 2. The van der Waals surface area contributed by atoms with Crippen LogP contribution in [0.3, 0.4) is 0 Å². The number of carboxylic acids is 1. The number of benzene rings is 2. The maximum absolute atomic E-state index is 13.4. The number of urea groups is 1. The predicted molar refractivity (Wildman–Crippen MR) is 133 cm³/mol. The van der Waals surface area contributed by atoms with E-state index in [0.29, 0.717) is 10.5 Å². The number of piperazine rings is 1. The minimum atomic E-state index is -1.65. The Hall–Kier alpha value is -4.79. The molecule has 2 atom stereocenters. The minimum Gasteiger partial charge on any atom is -0.534 e. The maximum atomic E-state index is 13.4. The van der Waals surface area contributed by atoms with E-state index in [2.05, 4.69) is 10.6 Å². The van der Waals surface area contributed by atoms with Crippen molar-refractivity contribution in [2.45, 2.75) is 25.3 Å². The van der Waals surface area contributed by atoms with Gasteiger partial charge in [-0.1, -0.05) is 18.2 Å². The number of carbonyl (C=O) groups is 5. The number of carbonyl (C=O) groups excluding carboxylic acids is 4. The molecular weight excluding hydrogens is 515 g/mol. The number of imide groups is 1. The lowest BCUT2D eigenvalue weighted by molar-refractivity contribution is -0.153. The number of phenolic OH excluding ortho intramolecular Hbond substituents is 2. The van der Waals surface area contributed by atoms with E-state index in [4.69, 9.17) is 4.65 Å². The van der Waals surface area contributed by atoms with Crippen molar-refractivity contribution in [2.24, 2.45) is 0 Å². The largest absolute Gasteiger partial charge is 0.547 e. The normalized spacial score (nSPS) is 17.7. The number of nitrogens with one attached hydrogen (secondary N) is 2. The smallest absolute Gasteiger partial charge is 0.534 e. The Morgan fingerprint density at radius 3 is 2.51 bits per heavy atom. The SMILES string of the molecule is CCN1CCN(C(=O)NC(C(=O)NC2Cc3cccc(C(=O)O)c3OB2O)c2ccc(O)c(O)c2)C(=O)C1=O. The molecule has 0 aliphatic carbocycles. The van der Waals surface area contributed by atoms with E-state index in [-0.39, 0.29) is 42.9 Å². The molecule has 0 bridgehead atoms. The molecule has 2 heterocycles. The summed E-state index contributed by atoms with van der Waals surface area (Å²) in [6.45, 7) is 1.95. The first-order valence-electron chi connectivity index (χ1n) is 11.9. The van der Waals surface area contributed by atoms with Crippen molar-refractivity contribution in [1.29, 1.82) is 0 Å². The zero-order chi connectivity index (χ0) is 28.4. The zero-order valence-electron chi connectivity index (χ0n) is 20.7. The Balaban J connectivity index is 1.57. The van der Waals surface area contributed by atoms with Gasteiger partial charge in [-0.15, -0.1) is 0 Å². The molecule has 5 amide bonds. The number of carboxylic acid groups (broad SMARTS) is 1. The Bertz CT molecular complexity index is 1350. The summed E-state index contributed by atoms with van der Waals surface area (Å²) in [6, 6.07) is 5.15. The number of aromatic carboxylic acids is 1. The van der Waals surface area contributed by atoms with Crippen LogP contribution in [0.1, 0.15) is 34.5 Å². The van der Waals surface area contributed by atoms with E-state index in [1.807, 2.05) is 0 Å². The van der Waals surface area contributed by atoms with Gasteiger partial charge in [-0.25, -0.2) is 9.59 Å². The van der Waals surface area contributed by atoms with Gasteiger partial charge in [0.2, 0.25) is 5.91 Å². The third-order valence-corrected chi connectivity index (χ3v) is 6.48. The summed E-state index contributed by atoms with van der Waals surface area (Å²) in [6.07, 6.45) is -0.0170. The number of hydrogen-bond donors (Lipinski definition) is 6. The summed E-state index contributed by atoms with van der Waals surface area (Å²) >= 11 is 0. The Labute approximate surface area is 221 Å². The second-order valence-electron chi connectivity index (χ2n) is 8.90. The van der Waals surface area contributed by atoms with Crippen LogP contribution in [0.25, 0.3) is 0 Å². The predicted octanol–water partition coefficient (Wildman–Crippen LogP) is -0.623. The summed E-state index contributed by atoms with van der Waals surface area (Å²) in [4.78, 5) is 64.6. The van der Waals surface area contributed by atoms with E-state index < -0.39 is 60.3 Å². The molecule has 39 heavy (non-hydrogen) atoms. The van der Waals surface area contributed by atoms with Crippen LogP contribution in [0.15, 0.2) is 36.4 Å². The molecule has 2 unspecified atom stereocenters. The Kier molecular flexibility index (Phi) is 7.62. The van der Waals surface area contributed by atoms with E-state index in [0.717, 1.165) is 12.1 Å². The van der Waals surface area contributed by atoms with E-state index >= 15 is 0 Å². The molecule has 14 nitrogen and oxygen atoms in total. The number of hydrogen-bond acceptors (Lipinski definition) is 9. The topological polar surface area (TPSA) is 206 Å². The first-order chi connectivity index (χ1) is 18.5. The van der Waals surface area contributed by atoms with Crippen LogP contribution in [0, 0.1) is 0 Å². The Morgan fingerprint density at radius 2 is 1.85 bits per heavy atom. The summed E-state index contributed by atoms with van der Waals surface area (Å²) in [5.41, 5.74) is 0.261. The first-order valence-corrected chi connectivity index (χ1v) is 11.9. The second kappa shape index (κ2) is 10.9. The highest BCUT2D eigenvalue weighted by atomic mass is 16.5. The first kappa shape index (κ1) is 27.3. The zero-order valence-corrected chi connectivity index (χ0v) is 20.7. The van der Waals surface area contributed by atoms with Crippen molar-refractivity contribution in [3.63, 3.8) is 0 Å². The van der Waals surface area contributed by atoms with Gasteiger partial charge in [0.15, 0.2) is 11.5 Å². The van der Waals surface area contributed by atoms with Crippen LogP contribution in [-0.2, 0) is 20.8 Å². The van der Waals surface area contributed by atoms with Crippen molar-refractivity contribution in [3.8, 4) is 17.2 Å². The van der Waals surface area contributed by atoms with Crippen molar-refractivity contribution >= 4 is 36.8 Å². The van der Waals surface area contributed by atoms with Gasteiger partial charge >= 0.3 is 30.9 Å². The maximum Gasteiger partial charge on any atom is 0.547 e. The Morgan fingerprint density at radius 1 is 1.10 bits per heavy atom. The summed E-state index contributed by atoms with van der Waals surface area (Å²) in [7, 11) is -1.65. The average molecular weight is 540 g/mol. The van der Waals surface area contributed by atoms with Gasteiger partial charge in [-0.05, 0) is 42.7 Å². The highest BCUT2D eigenvalue weighted by Gasteiger charge is 2.41. The second-order valence-corrected chi connectivity index (χ2v) is 8.90. The summed E-state index contributed by atoms with van der Waals surface area (Å²) < 4.78 is 5.39. The van der Waals surface area contributed by atoms with Gasteiger partial charge in [0, 0.05) is 19.6 Å². The highest BCUT2D eigenvalue weighted by Crippen LogP contribution is 2.31. The van der Waals surface area contributed by atoms with E-state index in [9.17, 15) is 44.3 Å². The number of likely N-dealkylation sites (N-methyl/N-ethyl adjacent to an activating group) is 1. The standard InChI is InChI=1S/C24H25BN4O10/c1-2-28-8-9-29(22(34)21(28)33)24(37)27-18(12-6-7-15(30)16(31)10-12)20(32)26-17-11-13-4-3-5-14(23(35)36)19(13)39-25(17)38/h3-7,10,17-18,30-31,38H,2,8-9,11H2,1H3,(H,26,32)(H,27,37)(H,35,36). The van der Waals surface area contributed by atoms with Crippen molar-refractivity contribution in [3.05, 3.63) is 53.1 Å². The molecule has 4 rings (SSSR count). The van der Waals surface area contributed by atoms with Crippen LogP contribution in [0.4, 0.5) is 4.79 Å². The molecule has 2 aromatic rings. The molecule has 2 aromatic carbocycles. The number of phenols is 2. The van der Waals surface area contributed by atoms with Gasteiger partial charge in [-0.2, -0.15) is 0 Å². The molecular formula is C24H25BN4O10. The minimum absolute atomic E-state index is 0.0156. The molecule has 6 N–H and O–H groups in total. The fourth-order valence-electron chi connectivity index (χ4n) is 4.37. The summed E-state index contributed by atoms with van der Waals surface area (Å²) in [5, 5.41) is 44.5. The molecule has 0 aromatic heterocycles. The lowest BCUT2D eigenvalue weighted by Gasteiger charge is -2.33. The molecule has 1 fully saturated rings. The molecule has 2 aliphatic heterocycles. The molecule has 0 spiro atoms. The lowest BCUT2D eigenvalue weighted by atomic mass is 9.72. The molecule has 0 radical (unpaired) electrons. The molecule has 1 saturated heterocycles. The van der Waals surface area contributed by atoms with E-state index in [1.54, 1.807) is 13.0 Å². The third kappa shape index (κ3) is 5.43. The number of para-hydroxylation sites is 1. The molecule has 204 valence electrons. The monoisotopic (exact) mass is 540 g/mol.